The molecule has 132 valence electrons. The smallest absolute Gasteiger partial charge is 0.257 e. The summed E-state index contributed by atoms with van der Waals surface area (Å²) in [7, 11) is 0. The molecule has 0 aliphatic heterocycles. The molecule has 0 radical (unpaired) electrons. The number of pyridine rings is 1. The van der Waals surface area contributed by atoms with Crippen molar-refractivity contribution in [3.05, 3.63) is 90.3 Å². The number of anilines is 2. The average Bonchev–Trinajstić information content (AvgIpc) is 2.68. The van der Waals surface area contributed by atoms with Gasteiger partial charge in [-0.1, -0.05) is 30.3 Å². The lowest BCUT2D eigenvalue weighted by Gasteiger charge is -2.29. The molecular weight excluding hydrogens is 322 g/mol. The molecule has 1 amide bonds. The Balaban J connectivity index is 1.71. The standard InChI is InChI=1S/C22H23N3O/c1-17(2)25(16-18-7-4-3-5-8-18)21-12-10-20(11-13-21)24-22(26)19-9-6-14-23-15-19/h3-15,17H,16H2,1-2H3,(H,24,26). The monoisotopic (exact) mass is 345 g/mol. The molecular formula is C22H23N3O. The van der Waals surface area contributed by atoms with Crippen LogP contribution in [0, 0.1) is 0 Å². The SMILES string of the molecule is CC(C)N(Cc1ccccc1)c1ccc(NC(=O)c2cccnc2)cc1. The lowest BCUT2D eigenvalue weighted by atomic mass is 10.1. The molecule has 4 nitrogen and oxygen atoms in total. The van der Waals surface area contributed by atoms with Gasteiger partial charge < -0.3 is 10.2 Å². The van der Waals surface area contributed by atoms with Crippen molar-refractivity contribution in [3.8, 4) is 0 Å². The second kappa shape index (κ2) is 8.30. The number of rotatable bonds is 6. The predicted molar refractivity (Wildman–Crippen MR) is 106 cm³/mol. The van der Waals surface area contributed by atoms with Gasteiger partial charge in [-0.05, 0) is 55.8 Å². The topological polar surface area (TPSA) is 45.2 Å². The summed E-state index contributed by atoms with van der Waals surface area (Å²) in [6.45, 7) is 5.21. The molecule has 4 heteroatoms. The summed E-state index contributed by atoms with van der Waals surface area (Å²) in [6, 6.07) is 22.2. The van der Waals surface area contributed by atoms with Crippen LogP contribution >= 0.6 is 0 Å². The van der Waals surface area contributed by atoms with Crippen LogP contribution in [0.2, 0.25) is 0 Å². The van der Waals surface area contributed by atoms with E-state index in [-0.39, 0.29) is 5.91 Å². The van der Waals surface area contributed by atoms with E-state index in [1.807, 2.05) is 30.3 Å². The van der Waals surface area contributed by atoms with Crippen LogP contribution in [0.1, 0.15) is 29.8 Å². The first-order chi connectivity index (χ1) is 12.6. The summed E-state index contributed by atoms with van der Waals surface area (Å²) >= 11 is 0. The molecule has 0 fully saturated rings. The first kappa shape index (κ1) is 17.7. The summed E-state index contributed by atoms with van der Waals surface area (Å²) in [4.78, 5) is 18.5. The van der Waals surface area contributed by atoms with E-state index in [1.54, 1.807) is 24.5 Å². The van der Waals surface area contributed by atoms with Crippen molar-refractivity contribution in [2.45, 2.75) is 26.4 Å². The number of nitrogens with one attached hydrogen (secondary N) is 1. The third-order valence-corrected chi connectivity index (χ3v) is 4.20. The zero-order chi connectivity index (χ0) is 18.4. The Bertz CT molecular complexity index is 830. The number of hydrogen-bond donors (Lipinski definition) is 1. The molecule has 1 heterocycles. The van der Waals surface area contributed by atoms with E-state index < -0.39 is 0 Å². The Morgan fingerprint density at radius 3 is 2.35 bits per heavy atom. The molecule has 0 aliphatic rings. The molecule has 0 spiro atoms. The quantitative estimate of drug-likeness (QED) is 0.701. The van der Waals surface area contributed by atoms with Crippen LogP contribution in [-0.2, 0) is 6.54 Å². The van der Waals surface area contributed by atoms with Crippen molar-refractivity contribution in [2.75, 3.05) is 10.2 Å². The maximum atomic E-state index is 12.2. The Labute approximate surface area is 154 Å². The van der Waals surface area contributed by atoms with Gasteiger partial charge in [0.15, 0.2) is 0 Å². The molecule has 1 N–H and O–H groups in total. The highest BCUT2D eigenvalue weighted by Gasteiger charge is 2.12. The van der Waals surface area contributed by atoms with Gasteiger partial charge in [0.2, 0.25) is 0 Å². The molecule has 0 saturated heterocycles. The van der Waals surface area contributed by atoms with E-state index in [4.69, 9.17) is 0 Å². The van der Waals surface area contributed by atoms with Gasteiger partial charge in [0, 0.05) is 36.4 Å². The molecule has 1 aromatic heterocycles. The first-order valence-electron chi connectivity index (χ1n) is 8.75. The van der Waals surface area contributed by atoms with Crippen LogP contribution in [0.15, 0.2) is 79.1 Å². The van der Waals surface area contributed by atoms with Crippen molar-refractivity contribution in [1.82, 2.24) is 4.98 Å². The Hall–Kier alpha value is -3.14. The van der Waals surface area contributed by atoms with Gasteiger partial charge >= 0.3 is 0 Å². The maximum absolute atomic E-state index is 12.2. The van der Waals surface area contributed by atoms with Crippen molar-refractivity contribution in [3.63, 3.8) is 0 Å². The lowest BCUT2D eigenvalue weighted by molar-refractivity contribution is 0.102. The molecule has 3 aromatic rings. The van der Waals surface area contributed by atoms with Gasteiger partial charge in [0.1, 0.15) is 0 Å². The number of aromatic nitrogens is 1. The Kier molecular flexibility index (Phi) is 5.64. The summed E-state index contributed by atoms with van der Waals surface area (Å²) in [6.07, 6.45) is 3.21. The molecule has 26 heavy (non-hydrogen) atoms. The van der Waals surface area contributed by atoms with Crippen LogP contribution in [0.5, 0.6) is 0 Å². The number of amides is 1. The summed E-state index contributed by atoms with van der Waals surface area (Å²) in [5.41, 5.74) is 3.72. The van der Waals surface area contributed by atoms with E-state index in [9.17, 15) is 4.79 Å². The molecule has 3 rings (SSSR count). The van der Waals surface area contributed by atoms with Crippen LogP contribution in [0.3, 0.4) is 0 Å². The van der Waals surface area contributed by atoms with Crippen molar-refractivity contribution >= 4 is 17.3 Å². The van der Waals surface area contributed by atoms with Gasteiger partial charge in [-0.3, -0.25) is 9.78 Å². The molecule has 0 aliphatic carbocycles. The number of hydrogen-bond acceptors (Lipinski definition) is 3. The summed E-state index contributed by atoms with van der Waals surface area (Å²) in [5, 5.41) is 2.91. The maximum Gasteiger partial charge on any atom is 0.257 e. The summed E-state index contributed by atoms with van der Waals surface area (Å²) < 4.78 is 0. The highest BCUT2D eigenvalue weighted by molar-refractivity contribution is 6.04. The normalized spacial score (nSPS) is 10.6. The van der Waals surface area contributed by atoms with E-state index in [1.165, 1.54) is 5.56 Å². The van der Waals surface area contributed by atoms with Crippen LogP contribution < -0.4 is 10.2 Å². The summed E-state index contributed by atoms with van der Waals surface area (Å²) in [5.74, 6) is -0.157. The third-order valence-electron chi connectivity index (χ3n) is 4.20. The zero-order valence-corrected chi connectivity index (χ0v) is 15.1. The fourth-order valence-electron chi connectivity index (χ4n) is 2.79. The predicted octanol–water partition coefficient (Wildman–Crippen LogP) is 4.75. The van der Waals surface area contributed by atoms with E-state index in [0.717, 1.165) is 17.9 Å². The number of carbonyl (C=O) groups is 1. The molecule has 0 bridgehead atoms. The molecule has 0 unspecified atom stereocenters. The van der Waals surface area contributed by atoms with Crippen molar-refractivity contribution < 1.29 is 4.79 Å². The second-order valence-corrected chi connectivity index (χ2v) is 6.45. The van der Waals surface area contributed by atoms with Gasteiger partial charge in [-0.15, -0.1) is 0 Å². The minimum absolute atomic E-state index is 0.157. The number of carbonyl (C=O) groups excluding carboxylic acids is 1. The Morgan fingerprint density at radius 2 is 1.73 bits per heavy atom. The minimum atomic E-state index is -0.157. The Morgan fingerprint density at radius 1 is 1.00 bits per heavy atom. The van der Waals surface area contributed by atoms with Crippen LogP contribution in [0.25, 0.3) is 0 Å². The van der Waals surface area contributed by atoms with E-state index in [0.29, 0.717) is 11.6 Å². The number of benzene rings is 2. The largest absolute Gasteiger partial charge is 0.365 e. The van der Waals surface area contributed by atoms with Gasteiger partial charge in [-0.25, -0.2) is 0 Å². The highest BCUT2D eigenvalue weighted by Crippen LogP contribution is 2.22. The second-order valence-electron chi connectivity index (χ2n) is 6.45. The molecule has 0 atom stereocenters. The van der Waals surface area contributed by atoms with Crippen LogP contribution in [0.4, 0.5) is 11.4 Å². The minimum Gasteiger partial charge on any atom is -0.365 e. The highest BCUT2D eigenvalue weighted by atomic mass is 16.1. The van der Waals surface area contributed by atoms with Crippen molar-refractivity contribution in [2.24, 2.45) is 0 Å². The average molecular weight is 345 g/mol. The van der Waals surface area contributed by atoms with Gasteiger partial charge in [-0.2, -0.15) is 0 Å². The zero-order valence-electron chi connectivity index (χ0n) is 15.1. The fraction of sp³-hybridized carbons (Fsp3) is 0.182. The van der Waals surface area contributed by atoms with E-state index >= 15 is 0 Å². The van der Waals surface area contributed by atoms with E-state index in [2.05, 4.69) is 53.3 Å². The number of nitrogens with zero attached hydrogens (tertiary/aromatic N) is 2. The van der Waals surface area contributed by atoms with Gasteiger partial charge in [0.25, 0.3) is 5.91 Å². The molecule has 2 aromatic carbocycles. The molecule has 0 saturated carbocycles. The first-order valence-corrected chi connectivity index (χ1v) is 8.75. The van der Waals surface area contributed by atoms with Crippen molar-refractivity contribution in [1.29, 1.82) is 0 Å². The fourth-order valence-corrected chi connectivity index (χ4v) is 2.79. The van der Waals surface area contributed by atoms with Crippen LogP contribution in [-0.4, -0.2) is 16.9 Å². The lowest BCUT2D eigenvalue weighted by Crippen LogP contribution is -2.30. The van der Waals surface area contributed by atoms with Gasteiger partial charge in [0.05, 0.1) is 5.56 Å². The third kappa shape index (κ3) is 4.48.